The fraction of sp³-hybridized carbons (Fsp3) is 0. The first kappa shape index (κ1) is 12.2. The van der Waals surface area contributed by atoms with Gasteiger partial charge in [-0.2, -0.15) is 0 Å². The summed E-state index contributed by atoms with van der Waals surface area (Å²) >= 11 is 1.51. The molecule has 1 N–H and O–H groups in total. The van der Waals surface area contributed by atoms with Crippen LogP contribution in [0.15, 0.2) is 54.2 Å². The molecule has 102 valence electrons. The SMILES string of the molecule is Fc1cccc(-c2nc(-c3c[nH]c4ncccc34)cs2)c1. The maximum Gasteiger partial charge on any atom is 0.137 e. The van der Waals surface area contributed by atoms with Crippen LogP contribution in [0.2, 0.25) is 0 Å². The third-order valence-corrected chi connectivity index (χ3v) is 4.19. The zero-order chi connectivity index (χ0) is 14.2. The number of H-pyrrole nitrogens is 1. The van der Waals surface area contributed by atoms with Crippen LogP contribution in [0, 0.1) is 5.82 Å². The van der Waals surface area contributed by atoms with Gasteiger partial charge in [-0.05, 0) is 24.3 Å². The third-order valence-electron chi connectivity index (χ3n) is 3.30. The molecule has 3 aromatic heterocycles. The van der Waals surface area contributed by atoms with Gasteiger partial charge in [0.05, 0.1) is 5.69 Å². The summed E-state index contributed by atoms with van der Waals surface area (Å²) < 4.78 is 13.3. The Morgan fingerprint density at radius 2 is 2.10 bits per heavy atom. The van der Waals surface area contributed by atoms with Gasteiger partial charge in [0.15, 0.2) is 0 Å². The summed E-state index contributed by atoms with van der Waals surface area (Å²) in [6.07, 6.45) is 3.66. The summed E-state index contributed by atoms with van der Waals surface area (Å²) in [4.78, 5) is 12.0. The zero-order valence-corrected chi connectivity index (χ0v) is 11.7. The Balaban J connectivity index is 1.81. The molecule has 0 atom stereocenters. The van der Waals surface area contributed by atoms with E-state index in [1.807, 2.05) is 29.8 Å². The van der Waals surface area contributed by atoms with E-state index in [0.29, 0.717) is 0 Å². The van der Waals surface area contributed by atoms with Crippen molar-refractivity contribution in [3.8, 4) is 21.8 Å². The largest absolute Gasteiger partial charge is 0.345 e. The van der Waals surface area contributed by atoms with Crippen molar-refractivity contribution < 1.29 is 4.39 Å². The average Bonchev–Trinajstić information content (AvgIpc) is 3.14. The molecule has 0 spiro atoms. The fourth-order valence-corrected chi connectivity index (χ4v) is 3.14. The second-order valence-corrected chi connectivity index (χ2v) is 5.51. The topological polar surface area (TPSA) is 41.6 Å². The van der Waals surface area contributed by atoms with Crippen molar-refractivity contribution in [3.63, 3.8) is 0 Å². The molecule has 5 heteroatoms. The molecular formula is C16H10FN3S. The molecule has 0 aliphatic heterocycles. The van der Waals surface area contributed by atoms with Gasteiger partial charge in [-0.1, -0.05) is 12.1 Å². The van der Waals surface area contributed by atoms with Crippen LogP contribution in [-0.2, 0) is 0 Å². The number of aromatic amines is 1. The van der Waals surface area contributed by atoms with Crippen molar-refractivity contribution in [1.29, 1.82) is 0 Å². The summed E-state index contributed by atoms with van der Waals surface area (Å²) in [5, 5.41) is 3.83. The molecule has 3 nitrogen and oxygen atoms in total. The molecule has 0 saturated heterocycles. The predicted molar refractivity (Wildman–Crippen MR) is 82.6 cm³/mol. The highest BCUT2D eigenvalue weighted by atomic mass is 32.1. The van der Waals surface area contributed by atoms with Gasteiger partial charge >= 0.3 is 0 Å². The molecule has 0 saturated carbocycles. The number of rotatable bonds is 2. The van der Waals surface area contributed by atoms with Crippen molar-refractivity contribution >= 4 is 22.4 Å². The van der Waals surface area contributed by atoms with Crippen molar-refractivity contribution in [2.24, 2.45) is 0 Å². The second-order valence-electron chi connectivity index (χ2n) is 4.65. The molecular weight excluding hydrogens is 285 g/mol. The highest BCUT2D eigenvalue weighted by molar-refractivity contribution is 7.13. The third kappa shape index (κ3) is 2.11. The number of thiazole rings is 1. The molecule has 0 aliphatic rings. The van der Waals surface area contributed by atoms with Gasteiger partial charge in [0.1, 0.15) is 16.5 Å². The number of pyridine rings is 1. The number of aromatic nitrogens is 3. The first-order valence-electron chi connectivity index (χ1n) is 6.45. The fourth-order valence-electron chi connectivity index (χ4n) is 2.32. The van der Waals surface area contributed by atoms with E-state index >= 15 is 0 Å². The van der Waals surface area contributed by atoms with E-state index in [1.165, 1.54) is 23.5 Å². The van der Waals surface area contributed by atoms with Gasteiger partial charge in [0, 0.05) is 34.3 Å². The highest BCUT2D eigenvalue weighted by Crippen LogP contribution is 2.32. The molecule has 3 heterocycles. The molecule has 0 unspecified atom stereocenters. The van der Waals surface area contributed by atoms with Gasteiger partial charge in [-0.15, -0.1) is 11.3 Å². The average molecular weight is 295 g/mol. The lowest BCUT2D eigenvalue weighted by molar-refractivity contribution is 0.628. The number of fused-ring (bicyclic) bond motifs is 1. The monoisotopic (exact) mass is 295 g/mol. The number of hydrogen-bond donors (Lipinski definition) is 1. The molecule has 1 aromatic carbocycles. The van der Waals surface area contributed by atoms with Gasteiger partial charge in [-0.3, -0.25) is 0 Å². The molecule has 0 fully saturated rings. The molecule has 0 radical (unpaired) electrons. The van der Waals surface area contributed by atoms with Crippen molar-refractivity contribution in [3.05, 3.63) is 60.0 Å². The van der Waals surface area contributed by atoms with E-state index in [-0.39, 0.29) is 5.82 Å². The quantitative estimate of drug-likeness (QED) is 0.592. The van der Waals surface area contributed by atoms with E-state index < -0.39 is 0 Å². The van der Waals surface area contributed by atoms with Gasteiger partial charge < -0.3 is 4.98 Å². The summed E-state index contributed by atoms with van der Waals surface area (Å²) in [5.74, 6) is -0.249. The minimum atomic E-state index is -0.249. The maximum atomic E-state index is 13.3. The molecule has 0 amide bonds. The Bertz CT molecular complexity index is 926. The Morgan fingerprint density at radius 3 is 3.00 bits per heavy atom. The maximum absolute atomic E-state index is 13.3. The second kappa shape index (κ2) is 4.79. The van der Waals surface area contributed by atoms with Crippen LogP contribution in [0.1, 0.15) is 0 Å². The zero-order valence-electron chi connectivity index (χ0n) is 10.9. The number of benzene rings is 1. The molecule has 4 rings (SSSR count). The lowest BCUT2D eigenvalue weighted by Crippen LogP contribution is -1.80. The lowest BCUT2D eigenvalue weighted by Gasteiger charge is -1.96. The molecule has 0 bridgehead atoms. The van der Waals surface area contributed by atoms with Crippen LogP contribution >= 0.6 is 11.3 Å². The van der Waals surface area contributed by atoms with Crippen LogP contribution < -0.4 is 0 Å². The minimum Gasteiger partial charge on any atom is -0.345 e. The number of nitrogens with one attached hydrogen (secondary N) is 1. The van der Waals surface area contributed by atoms with Crippen molar-refractivity contribution in [1.82, 2.24) is 15.0 Å². The van der Waals surface area contributed by atoms with E-state index in [2.05, 4.69) is 15.0 Å². The molecule has 0 aliphatic carbocycles. The Hall–Kier alpha value is -2.53. The summed E-state index contributed by atoms with van der Waals surface area (Å²) in [7, 11) is 0. The van der Waals surface area contributed by atoms with Crippen LogP contribution in [0.5, 0.6) is 0 Å². The van der Waals surface area contributed by atoms with E-state index in [4.69, 9.17) is 0 Å². The van der Waals surface area contributed by atoms with Gasteiger partial charge in [-0.25, -0.2) is 14.4 Å². The van der Waals surface area contributed by atoms with E-state index in [1.54, 1.807) is 12.3 Å². The molecule has 21 heavy (non-hydrogen) atoms. The smallest absolute Gasteiger partial charge is 0.137 e. The van der Waals surface area contributed by atoms with Gasteiger partial charge in [0.2, 0.25) is 0 Å². The van der Waals surface area contributed by atoms with Gasteiger partial charge in [0.25, 0.3) is 0 Å². The Morgan fingerprint density at radius 1 is 1.14 bits per heavy atom. The Labute approximate surface area is 124 Å². The minimum absolute atomic E-state index is 0.249. The normalized spacial score (nSPS) is 11.1. The van der Waals surface area contributed by atoms with Crippen molar-refractivity contribution in [2.75, 3.05) is 0 Å². The number of halogens is 1. The Kier molecular flexibility index (Phi) is 2.79. The van der Waals surface area contributed by atoms with E-state index in [0.717, 1.165) is 32.9 Å². The first-order valence-corrected chi connectivity index (χ1v) is 7.33. The predicted octanol–water partition coefficient (Wildman–Crippen LogP) is 4.49. The molecule has 4 aromatic rings. The summed E-state index contributed by atoms with van der Waals surface area (Å²) in [6, 6.07) is 10.4. The van der Waals surface area contributed by atoms with Crippen LogP contribution in [0.25, 0.3) is 32.9 Å². The first-order chi connectivity index (χ1) is 10.3. The van der Waals surface area contributed by atoms with Crippen LogP contribution in [0.4, 0.5) is 4.39 Å². The van der Waals surface area contributed by atoms with Crippen LogP contribution in [-0.4, -0.2) is 15.0 Å². The summed E-state index contributed by atoms with van der Waals surface area (Å²) in [6.45, 7) is 0. The number of nitrogens with zero attached hydrogens (tertiary/aromatic N) is 2. The summed E-state index contributed by atoms with van der Waals surface area (Å²) in [5.41, 5.74) is 3.52. The number of hydrogen-bond acceptors (Lipinski definition) is 3. The van der Waals surface area contributed by atoms with Crippen LogP contribution in [0.3, 0.4) is 0 Å². The highest BCUT2D eigenvalue weighted by Gasteiger charge is 2.11. The standard InChI is InChI=1S/C16H10FN3S/c17-11-4-1-3-10(7-11)16-20-14(9-21-16)13-8-19-15-12(13)5-2-6-18-15/h1-9H,(H,18,19). The van der Waals surface area contributed by atoms with Crippen molar-refractivity contribution in [2.45, 2.75) is 0 Å². The lowest BCUT2D eigenvalue weighted by atomic mass is 10.2. The van der Waals surface area contributed by atoms with E-state index in [9.17, 15) is 4.39 Å².